The largest absolute Gasteiger partial charge is 0.310 e. The minimum Gasteiger partial charge on any atom is -0.310 e. The van der Waals surface area contributed by atoms with Gasteiger partial charge in [-0.1, -0.05) is 182 Å². The van der Waals surface area contributed by atoms with Crippen molar-refractivity contribution in [2.24, 2.45) is 0 Å². The van der Waals surface area contributed by atoms with Gasteiger partial charge in [0.2, 0.25) is 0 Å². The molecule has 8 aromatic rings. The van der Waals surface area contributed by atoms with Crippen LogP contribution in [0.25, 0.3) is 11.1 Å². The molecule has 2 nitrogen and oxygen atoms in total. The molecule has 1 heterocycles. The SMILES string of the molecule is O=P(c1ccccc1)(c1ccccc1)c1cccc(-c2ccc3c(c2)C(c2ccccc2)(c2ccccc2)c2ccccc2N3c2ccccc2)c1. The highest BCUT2D eigenvalue weighted by molar-refractivity contribution is 7.85. The first-order valence-corrected chi connectivity index (χ1v) is 19.4. The summed E-state index contributed by atoms with van der Waals surface area (Å²) in [5.41, 5.74) is 9.65. The van der Waals surface area contributed by atoms with Crippen molar-refractivity contribution in [1.29, 1.82) is 0 Å². The quantitative estimate of drug-likeness (QED) is 0.156. The van der Waals surface area contributed by atoms with Gasteiger partial charge in [0, 0.05) is 21.6 Å². The maximum Gasteiger partial charge on any atom is 0.171 e. The minimum atomic E-state index is -3.17. The van der Waals surface area contributed by atoms with Crippen LogP contribution in [0.15, 0.2) is 218 Å². The number of rotatable bonds is 7. The first-order chi connectivity index (χ1) is 25.7. The van der Waals surface area contributed by atoms with Crippen LogP contribution in [0.3, 0.4) is 0 Å². The molecular weight excluding hydrogens is 650 g/mol. The average molecular weight is 686 g/mol. The summed E-state index contributed by atoms with van der Waals surface area (Å²) >= 11 is 0. The number of para-hydroxylation sites is 2. The second kappa shape index (κ2) is 13.2. The average Bonchev–Trinajstić information content (AvgIpc) is 3.24. The molecule has 248 valence electrons. The molecule has 52 heavy (non-hydrogen) atoms. The second-order valence-electron chi connectivity index (χ2n) is 13.2. The Morgan fingerprint density at radius 1 is 0.365 bits per heavy atom. The van der Waals surface area contributed by atoms with E-state index in [4.69, 9.17) is 0 Å². The fourth-order valence-corrected chi connectivity index (χ4v) is 10.8. The summed E-state index contributed by atoms with van der Waals surface area (Å²) < 4.78 is 15.4. The number of hydrogen-bond donors (Lipinski definition) is 0. The topological polar surface area (TPSA) is 20.3 Å². The molecule has 0 bridgehead atoms. The van der Waals surface area contributed by atoms with E-state index in [1.54, 1.807) is 0 Å². The van der Waals surface area contributed by atoms with Crippen LogP contribution in [0.4, 0.5) is 17.1 Å². The highest BCUT2D eigenvalue weighted by Crippen LogP contribution is 2.58. The lowest BCUT2D eigenvalue weighted by Crippen LogP contribution is -2.37. The zero-order chi connectivity index (χ0) is 35.0. The Labute approximate surface area is 305 Å². The third kappa shape index (κ3) is 5.07. The molecule has 0 fully saturated rings. The van der Waals surface area contributed by atoms with Crippen molar-refractivity contribution in [2.75, 3.05) is 4.90 Å². The first-order valence-electron chi connectivity index (χ1n) is 17.7. The summed E-state index contributed by atoms with van der Waals surface area (Å²) in [5, 5.41) is 2.46. The summed E-state index contributed by atoms with van der Waals surface area (Å²) in [5.74, 6) is 0. The Bertz CT molecular complexity index is 2450. The Morgan fingerprint density at radius 3 is 1.42 bits per heavy atom. The van der Waals surface area contributed by atoms with Crippen molar-refractivity contribution in [3.63, 3.8) is 0 Å². The maximum absolute atomic E-state index is 15.4. The smallest absolute Gasteiger partial charge is 0.171 e. The molecule has 9 rings (SSSR count). The fraction of sp³-hybridized carbons (Fsp3) is 0.0204. The number of hydrogen-bond acceptors (Lipinski definition) is 2. The summed E-state index contributed by atoms with van der Waals surface area (Å²) in [6.07, 6.45) is 0. The van der Waals surface area contributed by atoms with Gasteiger partial charge in [-0.3, -0.25) is 0 Å². The van der Waals surface area contributed by atoms with Crippen LogP contribution < -0.4 is 20.8 Å². The highest BCUT2D eigenvalue weighted by Gasteiger charge is 2.46. The molecule has 0 amide bonds. The van der Waals surface area contributed by atoms with Crippen molar-refractivity contribution < 1.29 is 4.57 Å². The standard InChI is InChI=1S/C49H36NOP/c51-52(42-26-12-4-13-27-42,43-28-14-5-15-29-43)44-30-18-19-37(35-44)38-33-34-48-46(36-38)49(39-20-6-1-7-21-39,40-22-8-2-9-23-40)45-31-16-17-32-47(45)50(48)41-24-10-3-11-25-41/h1-36H. The predicted molar refractivity (Wildman–Crippen MR) is 218 cm³/mol. The van der Waals surface area contributed by atoms with Gasteiger partial charge in [0.15, 0.2) is 7.14 Å². The van der Waals surface area contributed by atoms with Gasteiger partial charge in [0.05, 0.1) is 16.8 Å². The summed E-state index contributed by atoms with van der Waals surface area (Å²) in [6.45, 7) is 0. The van der Waals surface area contributed by atoms with Gasteiger partial charge in [-0.2, -0.15) is 0 Å². The van der Waals surface area contributed by atoms with E-state index in [1.807, 2.05) is 66.7 Å². The van der Waals surface area contributed by atoms with E-state index < -0.39 is 12.6 Å². The van der Waals surface area contributed by atoms with Gasteiger partial charge < -0.3 is 9.46 Å². The number of fused-ring (bicyclic) bond motifs is 2. The lowest BCUT2D eigenvalue weighted by molar-refractivity contribution is 0.592. The van der Waals surface area contributed by atoms with Crippen LogP contribution in [-0.4, -0.2) is 0 Å². The van der Waals surface area contributed by atoms with Crippen molar-refractivity contribution in [3.05, 3.63) is 241 Å². The van der Waals surface area contributed by atoms with Crippen LogP contribution in [0.1, 0.15) is 22.3 Å². The van der Waals surface area contributed by atoms with Crippen molar-refractivity contribution in [3.8, 4) is 11.1 Å². The van der Waals surface area contributed by atoms with Crippen LogP contribution >= 0.6 is 7.14 Å². The van der Waals surface area contributed by atoms with E-state index in [2.05, 4.69) is 157 Å². The Balaban J connectivity index is 1.32. The zero-order valence-corrected chi connectivity index (χ0v) is 29.5. The lowest BCUT2D eigenvalue weighted by atomic mass is 9.62. The second-order valence-corrected chi connectivity index (χ2v) is 16.0. The van der Waals surface area contributed by atoms with Crippen LogP contribution in [0.5, 0.6) is 0 Å². The van der Waals surface area contributed by atoms with Gasteiger partial charge >= 0.3 is 0 Å². The van der Waals surface area contributed by atoms with Crippen molar-refractivity contribution >= 4 is 40.1 Å². The number of benzene rings is 8. The van der Waals surface area contributed by atoms with Crippen LogP contribution in [0.2, 0.25) is 0 Å². The summed E-state index contributed by atoms with van der Waals surface area (Å²) in [4.78, 5) is 2.40. The highest BCUT2D eigenvalue weighted by atomic mass is 31.2. The van der Waals surface area contributed by atoms with Crippen LogP contribution in [-0.2, 0) is 9.98 Å². The number of nitrogens with zero attached hydrogens (tertiary/aromatic N) is 1. The fourth-order valence-electron chi connectivity index (χ4n) is 8.10. The molecule has 0 atom stereocenters. The predicted octanol–water partition coefficient (Wildman–Crippen LogP) is 11.2. The van der Waals surface area contributed by atoms with Crippen LogP contribution in [0, 0.1) is 0 Å². The molecule has 8 aromatic carbocycles. The molecule has 1 aliphatic rings. The van der Waals surface area contributed by atoms with E-state index in [-0.39, 0.29) is 0 Å². The molecular formula is C49H36NOP. The molecule has 0 spiro atoms. The molecule has 1 aliphatic heterocycles. The molecule has 0 unspecified atom stereocenters. The lowest BCUT2D eigenvalue weighted by Gasteiger charge is -2.46. The monoisotopic (exact) mass is 685 g/mol. The van der Waals surface area contributed by atoms with Gasteiger partial charge in [0.1, 0.15) is 0 Å². The normalized spacial score (nSPS) is 13.2. The molecule has 0 aliphatic carbocycles. The van der Waals surface area contributed by atoms with Crippen molar-refractivity contribution in [1.82, 2.24) is 0 Å². The Hall–Kier alpha value is -6.21. The van der Waals surface area contributed by atoms with Crippen molar-refractivity contribution in [2.45, 2.75) is 5.41 Å². The van der Waals surface area contributed by atoms with Gasteiger partial charge in [-0.25, -0.2) is 0 Å². The van der Waals surface area contributed by atoms with Gasteiger partial charge in [-0.15, -0.1) is 0 Å². The van der Waals surface area contributed by atoms with E-state index in [1.165, 1.54) is 22.3 Å². The zero-order valence-electron chi connectivity index (χ0n) is 28.6. The molecule has 0 radical (unpaired) electrons. The maximum atomic E-state index is 15.4. The summed E-state index contributed by atoms with van der Waals surface area (Å²) in [6, 6.07) is 76.3. The Morgan fingerprint density at radius 2 is 0.827 bits per heavy atom. The van der Waals surface area contributed by atoms with E-state index in [0.717, 1.165) is 44.1 Å². The summed E-state index contributed by atoms with van der Waals surface area (Å²) in [7, 11) is -3.17. The molecule has 0 saturated heterocycles. The number of anilines is 3. The third-order valence-electron chi connectivity index (χ3n) is 10.4. The molecule has 0 N–H and O–H groups in total. The first kappa shape index (κ1) is 31.7. The molecule has 3 heteroatoms. The Kier molecular flexibility index (Phi) is 8.03. The van der Waals surface area contributed by atoms with Gasteiger partial charge in [0.25, 0.3) is 0 Å². The van der Waals surface area contributed by atoms with Gasteiger partial charge in [-0.05, 0) is 69.8 Å². The molecule has 0 saturated carbocycles. The van der Waals surface area contributed by atoms with E-state index in [9.17, 15) is 0 Å². The third-order valence-corrected chi connectivity index (χ3v) is 13.5. The van der Waals surface area contributed by atoms with E-state index >= 15 is 4.57 Å². The minimum absolute atomic E-state index is 0.614. The molecule has 0 aromatic heterocycles. The van der Waals surface area contributed by atoms with E-state index in [0.29, 0.717) is 0 Å².